The summed E-state index contributed by atoms with van der Waals surface area (Å²) in [5.74, 6) is -1.13. The van der Waals surface area contributed by atoms with E-state index in [4.69, 9.17) is 0 Å². The molecule has 166 valence electrons. The Bertz CT molecular complexity index is 898. The zero-order valence-corrected chi connectivity index (χ0v) is 19.3. The van der Waals surface area contributed by atoms with E-state index >= 15 is 0 Å². The Labute approximate surface area is 189 Å². The molecule has 0 bridgehead atoms. The van der Waals surface area contributed by atoms with E-state index in [-0.39, 0.29) is 18.7 Å². The number of benzene rings is 2. The third-order valence-electron chi connectivity index (χ3n) is 5.59. The number of fused-ring (bicyclic) bond motifs is 1. The van der Waals surface area contributed by atoms with Gasteiger partial charge in [0.2, 0.25) is 0 Å². The molecule has 0 radical (unpaired) electrons. The first-order chi connectivity index (χ1) is 14.9. The van der Waals surface area contributed by atoms with Crippen molar-refractivity contribution in [3.8, 4) is 0 Å². The number of rotatable bonds is 8. The van der Waals surface area contributed by atoms with Gasteiger partial charge in [0.15, 0.2) is 0 Å². The van der Waals surface area contributed by atoms with Crippen LogP contribution in [0.2, 0.25) is 0 Å². The summed E-state index contributed by atoms with van der Waals surface area (Å²) in [6.45, 7) is 6.53. The van der Waals surface area contributed by atoms with Gasteiger partial charge in [0, 0.05) is 23.3 Å². The maximum atomic E-state index is 13.1. The fourth-order valence-electron chi connectivity index (χ4n) is 4.08. The van der Waals surface area contributed by atoms with Crippen LogP contribution < -0.4 is 5.32 Å². The number of hydrogen-bond acceptors (Lipinski definition) is 4. The molecule has 0 saturated heterocycles. The average molecular weight is 441 g/mol. The summed E-state index contributed by atoms with van der Waals surface area (Å²) in [4.78, 5) is 28.8. The van der Waals surface area contributed by atoms with Crippen LogP contribution in [0.5, 0.6) is 0 Å². The third kappa shape index (κ3) is 5.89. The van der Waals surface area contributed by atoms with Crippen LogP contribution in [0.1, 0.15) is 62.4 Å². The van der Waals surface area contributed by atoms with Gasteiger partial charge in [-0.3, -0.25) is 9.59 Å². The number of aliphatic hydroxyl groups excluding tert-OH is 1. The summed E-state index contributed by atoms with van der Waals surface area (Å²) in [5, 5.41) is 12.7. The van der Waals surface area contributed by atoms with E-state index in [9.17, 15) is 14.7 Å². The van der Waals surface area contributed by atoms with E-state index < -0.39 is 11.8 Å². The molecule has 3 rings (SSSR count). The standard InChI is InChI=1S/C25H32N2O3S/c1-17(2)31-21-12-9-19(10-13-21)18(3)26-24(29)25(30)27(15-6-16-28)23-14-11-20-7-4-5-8-22(20)23/h4-5,7-10,12-13,17-18,23,28H,6,11,14-16H2,1-3H3,(H,26,29). The number of aliphatic hydroxyl groups is 1. The molecule has 0 fully saturated rings. The summed E-state index contributed by atoms with van der Waals surface area (Å²) in [7, 11) is 0. The molecule has 2 aromatic rings. The van der Waals surface area contributed by atoms with Crippen LogP contribution in [-0.2, 0) is 16.0 Å². The lowest BCUT2D eigenvalue weighted by molar-refractivity contribution is -0.148. The second-order valence-electron chi connectivity index (χ2n) is 8.26. The van der Waals surface area contributed by atoms with Gasteiger partial charge in [-0.2, -0.15) is 0 Å². The highest BCUT2D eigenvalue weighted by atomic mass is 32.2. The first-order valence-corrected chi connectivity index (χ1v) is 11.9. The molecule has 0 spiro atoms. The van der Waals surface area contributed by atoms with Crippen LogP contribution >= 0.6 is 11.8 Å². The molecule has 5 nitrogen and oxygen atoms in total. The van der Waals surface area contributed by atoms with Gasteiger partial charge in [-0.25, -0.2) is 0 Å². The van der Waals surface area contributed by atoms with Gasteiger partial charge in [-0.15, -0.1) is 11.8 Å². The zero-order chi connectivity index (χ0) is 22.4. The van der Waals surface area contributed by atoms with Gasteiger partial charge in [-0.05, 0) is 55.0 Å². The van der Waals surface area contributed by atoms with E-state index in [1.807, 2.05) is 49.4 Å². The molecule has 0 aliphatic heterocycles. The molecule has 2 amide bonds. The molecule has 2 unspecified atom stereocenters. The second kappa shape index (κ2) is 10.8. The van der Waals surface area contributed by atoms with Crippen LogP contribution in [0.3, 0.4) is 0 Å². The number of carbonyl (C=O) groups is 2. The Kier molecular flexibility index (Phi) is 8.15. The minimum atomic E-state index is -0.601. The summed E-state index contributed by atoms with van der Waals surface area (Å²) in [5.41, 5.74) is 3.29. The molecule has 2 N–H and O–H groups in total. The first kappa shape index (κ1) is 23.4. The molecule has 1 aliphatic rings. The SMILES string of the molecule is CC(C)Sc1ccc(C(C)NC(=O)C(=O)N(CCCO)C2CCc3ccccc32)cc1. The summed E-state index contributed by atoms with van der Waals surface area (Å²) in [6, 6.07) is 15.8. The first-order valence-electron chi connectivity index (χ1n) is 11.0. The highest BCUT2D eigenvalue weighted by Gasteiger charge is 2.33. The van der Waals surface area contributed by atoms with E-state index in [1.165, 1.54) is 10.5 Å². The topological polar surface area (TPSA) is 69.6 Å². The van der Waals surface area contributed by atoms with Crippen molar-refractivity contribution in [3.63, 3.8) is 0 Å². The monoisotopic (exact) mass is 440 g/mol. The molecule has 1 aliphatic carbocycles. The van der Waals surface area contributed by atoms with Gasteiger partial charge in [0.1, 0.15) is 0 Å². The van der Waals surface area contributed by atoms with Crippen molar-refractivity contribution in [1.82, 2.24) is 10.2 Å². The van der Waals surface area contributed by atoms with Crippen molar-refractivity contribution < 1.29 is 14.7 Å². The lowest BCUT2D eigenvalue weighted by Crippen LogP contribution is -2.45. The number of thioether (sulfide) groups is 1. The van der Waals surface area contributed by atoms with Crippen LogP contribution in [0.15, 0.2) is 53.4 Å². The van der Waals surface area contributed by atoms with Crippen LogP contribution in [0.25, 0.3) is 0 Å². The lowest BCUT2D eigenvalue weighted by Gasteiger charge is -2.29. The predicted octanol–water partition coefficient (Wildman–Crippen LogP) is 4.26. The van der Waals surface area contributed by atoms with Crippen molar-refractivity contribution in [2.45, 2.75) is 62.3 Å². The molecule has 0 aromatic heterocycles. The number of amides is 2. The Morgan fingerprint density at radius 2 is 1.84 bits per heavy atom. The Morgan fingerprint density at radius 3 is 2.52 bits per heavy atom. The highest BCUT2D eigenvalue weighted by Crippen LogP contribution is 2.35. The van der Waals surface area contributed by atoms with Crippen molar-refractivity contribution in [2.24, 2.45) is 0 Å². The maximum Gasteiger partial charge on any atom is 0.312 e. The highest BCUT2D eigenvalue weighted by molar-refractivity contribution is 7.99. The van der Waals surface area contributed by atoms with E-state index in [1.54, 1.807) is 16.7 Å². The predicted molar refractivity (Wildman–Crippen MR) is 125 cm³/mol. The average Bonchev–Trinajstić information content (AvgIpc) is 3.18. The summed E-state index contributed by atoms with van der Waals surface area (Å²) in [6.07, 6.45) is 2.14. The van der Waals surface area contributed by atoms with E-state index in [0.29, 0.717) is 18.2 Å². The van der Waals surface area contributed by atoms with Gasteiger partial charge in [-0.1, -0.05) is 50.2 Å². The van der Waals surface area contributed by atoms with Gasteiger partial charge < -0.3 is 15.3 Å². The quantitative estimate of drug-likeness (QED) is 0.475. The lowest BCUT2D eigenvalue weighted by atomic mass is 10.1. The van der Waals surface area contributed by atoms with Gasteiger partial charge >= 0.3 is 11.8 Å². The minimum Gasteiger partial charge on any atom is -0.396 e. The third-order valence-corrected chi connectivity index (χ3v) is 6.60. The Hall–Kier alpha value is -2.31. The number of nitrogens with one attached hydrogen (secondary N) is 1. The molecular formula is C25H32N2O3S. The number of aryl methyl sites for hydroxylation is 1. The summed E-state index contributed by atoms with van der Waals surface area (Å²) < 4.78 is 0. The number of hydrogen-bond donors (Lipinski definition) is 2. The number of nitrogens with zero attached hydrogens (tertiary/aromatic N) is 1. The van der Waals surface area contributed by atoms with Crippen LogP contribution in [0, 0.1) is 0 Å². The van der Waals surface area contributed by atoms with Crippen molar-refractivity contribution >= 4 is 23.6 Å². The second-order valence-corrected chi connectivity index (χ2v) is 9.91. The normalized spacial score (nSPS) is 16.1. The van der Waals surface area contributed by atoms with Crippen molar-refractivity contribution in [3.05, 3.63) is 65.2 Å². The summed E-state index contributed by atoms with van der Waals surface area (Å²) >= 11 is 1.79. The van der Waals surface area contributed by atoms with Crippen molar-refractivity contribution in [2.75, 3.05) is 13.2 Å². The largest absolute Gasteiger partial charge is 0.396 e. The molecule has 2 atom stereocenters. The van der Waals surface area contributed by atoms with E-state index in [0.717, 1.165) is 24.0 Å². The smallest absolute Gasteiger partial charge is 0.312 e. The molecule has 6 heteroatoms. The van der Waals surface area contributed by atoms with Crippen LogP contribution in [0.4, 0.5) is 0 Å². The molecule has 0 heterocycles. The van der Waals surface area contributed by atoms with Gasteiger partial charge in [0.25, 0.3) is 0 Å². The minimum absolute atomic E-state index is 0.0170. The molecule has 0 saturated carbocycles. The van der Waals surface area contributed by atoms with Gasteiger partial charge in [0.05, 0.1) is 12.1 Å². The molecule has 31 heavy (non-hydrogen) atoms. The fraction of sp³-hybridized carbons (Fsp3) is 0.440. The molecule has 2 aromatic carbocycles. The van der Waals surface area contributed by atoms with Crippen LogP contribution in [-0.4, -0.2) is 40.2 Å². The fourth-order valence-corrected chi connectivity index (χ4v) is 4.92. The van der Waals surface area contributed by atoms with E-state index in [2.05, 4.69) is 25.2 Å². The number of carbonyl (C=O) groups excluding carboxylic acids is 2. The Balaban J connectivity index is 1.69. The Morgan fingerprint density at radius 1 is 1.13 bits per heavy atom. The zero-order valence-electron chi connectivity index (χ0n) is 18.5. The van der Waals surface area contributed by atoms with Crippen molar-refractivity contribution in [1.29, 1.82) is 0 Å². The maximum absolute atomic E-state index is 13.1. The molecular weight excluding hydrogens is 408 g/mol.